The summed E-state index contributed by atoms with van der Waals surface area (Å²) in [5, 5.41) is 4.03. The van der Waals surface area contributed by atoms with Crippen LogP contribution in [0.3, 0.4) is 0 Å². The SMILES string of the molecule is C1=CCCC(c2cccc(-p3n4c5ccccc5cc4c4cc5ccccc5n43)c2)=C1. The van der Waals surface area contributed by atoms with E-state index in [-0.39, 0.29) is 0 Å². The average Bonchev–Trinajstić information content (AvgIpc) is 3.48. The Hall–Kier alpha value is -3.48. The number of hydrogen-bond acceptors (Lipinski definition) is 0. The fraction of sp³-hybridized carbons (Fsp3) is 0.0714. The van der Waals surface area contributed by atoms with Crippen molar-refractivity contribution in [3.63, 3.8) is 0 Å². The molecular formula is C28H21N2P. The van der Waals surface area contributed by atoms with Gasteiger partial charge in [0.25, 0.3) is 0 Å². The maximum absolute atomic E-state index is 2.58. The van der Waals surface area contributed by atoms with Crippen LogP contribution in [0.1, 0.15) is 18.4 Å². The van der Waals surface area contributed by atoms with Crippen molar-refractivity contribution in [3.05, 3.63) is 109 Å². The Bertz CT molecular complexity index is 1600. The van der Waals surface area contributed by atoms with Crippen LogP contribution < -0.4 is 0 Å². The molecule has 3 heteroatoms. The summed E-state index contributed by atoms with van der Waals surface area (Å²) in [6.07, 6.45) is 8.97. The summed E-state index contributed by atoms with van der Waals surface area (Å²) >= 11 is 0. The summed E-state index contributed by atoms with van der Waals surface area (Å²) in [6.45, 7) is 0. The molecule has 0 bridgehead atoms. The van der Waals surface area contributed by atoms with Crippen LogP contribution in [0.15, 0.2) is 103 Å². The number of nitrogens with zero attached hydrogens (tertiary/aromatic N) is 2. The van der Waals surface area contributed by atoms with Crippen LogP contribution in [0.25, 0.3) is 43.7 Å². The number of para-hydroxylation sites is 2. The minimum atomic E-state index is -0.747. The predicted molar refractivity (Wildman–Crippen MR) is 134 cm³/mol. The highest BCUT2D eigenvalue weighted by Crippen LogP contribution is 2.48. The first kappa shape index (κ1) is 17.2. The molecule has 0 fully saturated rings. The van der Waals surface area contributed by atoms with E-state index < -0.39 is 7.85 Å². The highest BCUT2D eigenvalue weighted by atomic mass is 31.1. The van der Waals surface area contributed by atoms with Gasteiger partial charge in [0.2, 0.25) is 0 Å². The minimum absolute atomic E-state index is 0.747. The van der Waals surface area contributed by atoms with Crippen LogP contribution in [0, 0.1) is 0 Å². The molecule has 1 aliphatic carbocycles. The van der Waals surface area contributed by atoms with E-state index in [4.69, 9.17) is 0 Å². The molecule has 0 radical (unpaired) electrons. The van der Waals surface area contributed by atoms with Gasteiger partial charge in [0.15, 0.2) is 0 Å². The maximum atomic E-state index is 2.58. The lowest BCUT2D eigenvalue weighted by Gasteiger charge is -2.12. The second-order valence-corrected chi connectivity index (χ2v) is 10.2. The highest BCUT2D eigenvalue weighted by molar-refractivity contribution is 7.51. The van der Waals surface area contributed by atoms with Gasteiger partial charge in [-0.05, 0) is 60.4 Å². The van der Waals surface area contributed by atoms with Gasteiger partial charge in [0.05, 0.1) is 29.9 Å². The quantitative estimate of drug-likeness (QED) is 0.269. The summed E-state index contributed by atoms with van der Waals surface area (Å²) in [6, 6.07) is 31.6. The third-order valence-electron chi connectivity index (χ3n) is 6.47. The third kappa shape index (κ3) is 2.46. The Balaban J connectivity index is 1.63. The first-order valence-electron chi connectivity index (χ1n) is 10.9. The number of rotatable bonds is 2. The zero-order valence-electron chi connectivity index (χ0n) is 17.1. The van der Waals surface area contributed by atoms with Gasteiger partial charge in [-0.3, -0.25) is 8.33 Å². The van der Waals surface area contributed by atoms with Crippen LogP contribution >= 0.6 is 7.85 Å². The van der Waals surface area contributed by atoms with E-state index in [1.807, 2.05) is 0 Å². The second kappa shape index (κ2) is 6.51. The van der Waals surface area contributed by atoms with Crippen molar-refractivity contribution in [3.8, 4) is 5.30 Å². The Morgan fingerprint density at radius 2 is 1.32 bits per heavy atom. The molecule has 0 amide bonds. The van der Waals surface area contributed by atoms with Crippen LogP contribution in [0.4, 0.5) is 0 Å². The van der Waals surface area contributed by atoms with Crippen LogP contribution in [0.2, 0.25) is 0 Å². The summed E-state index contributed by atoms with van der Waals surface area (Å²) < 4.78 is 5.17. The first-order valence-corrected chi connectivity index (χ1v) is 12.1. The van der Waals surface area contributed by atoms with E-state index in [0.29, 0.717) is 0 Å². The van der Waals surface area contributed by atoms with Crippen molar-refractivity contribution in [2.24, 2.45) is 0 Å². The molecule has 0 atom stereocenters. The van der Waals surface area contributed by atoms with Gasteiger partial charge >= 0.3 is 0 Å². The van der Waals surface area contributed by atoms with Crippen LogP contribution in [0.5, 0.6) is 0 Å². The molecule has 3 aromatic heterocycles. The zero-order valence-corrected chi connectivity index (χ0v) is 18.0. The lowest BCUT2D eigenvalue weighted by molar-refractivity contribution is 1.05. The van der Waals surface area contributed by atoms with E-state index in [0.717, 1.165) is 12.8 Å². The Kier molecular flexibility index (Phi) is 3.62. The number of fused-ring (bicyclic) bond motifs is 7. The van der Waals surface area contributed by atoms with E-state index in [9.17, 15) is 0 Å². The number of aromatic nitrogens is 2. The van der Waals surface area contributed by atoms with Gasteiger partial charge in [0.1, 0.15) is 0 Å². The van der Waals surface area contributed by atoms with Crippen molar-refractivity contribution in [2.75, 3.05) is 0 Å². The Morgan fingerprint density at radius 3 is 1.97 bits per heavy atom. The first-order chi connectivity index (χ1) is 15.4. The number of allylic oxidation sites excluding steroid dienone is 4. The van der Waals surface area contributed by atoms with Crippen molar-refractivity contribution in [2.45, 2.75) is 12.8 Å². The van der Waals surface area contributed by atoms with Gasteiger partial charge in [-0.15, -0.1) is 0 Å². The fourth-order valence-corrected chi connectivity index (χ4v) is 7.66. The molecule has 1 aliphatic rings. The van der Waals surface area contributed by atoms with Gasteiger partial charge < -0.3 is 0 Å². The van der Waals surface area contributed by atoms with E-state index in [2.05, 4.69) is 111 Å². The number of benzene rings is 3. The zero-order chi connectivity index (χ0) is 20.4. The van der Waals surface area contributed by atoms with Gasteiger partial charge in [-0.2, -0.15) is 0 Å². The topological polar surface area (TPSA) is 8.82 Å². The second-order valence-electron chi connectivity index (χ2n) is 8.30. The lowest BCUT2D eigenvalue weighted by atomic mass is 9.98. The molecule has 0 spiro atoms. The number of hydrogen-bond donors (Lipinski definition) is 0. The molecule has 148 valence electrons. The third-order valence-corrected chi connectivity index (χ3v) is 8.83. The lowest BCUT2D eigenvalue weighted by Crippen LogP contribution is -1.89. The molecule has 0 N–H and O–H groups in total. The summed E-state index contributed by atoms with van der Waals surface area (Å²) in [7, 11) is -0.747. The molecule has 0 saturated heterocycles. The molecule has 0 aliphatic heterocycles. The predicted octanol–water partition coefficient (Wildman–Crippen LogP) is 8.21. The molecule has 3 aromatic carbocycles. The van der Waals surface area contributed by atoms with Crippen molar-refractivity contribution < 1.29 is 0 Å². The molecule has 7 rings (SSSR count). The summed E-state index contributed by atoms with van der Waals surface area (Å²) in [4.78, 5) is 0. The maximum Gasteiger partial charge on any atom is 0.0757 e. The molecule has 0 saturated carbocycles. The fourth-order valence-electron chi connectivity index (χ4n) is 5.05. The van der Waals surface area contributed by atoms with Crippen LogP contribution in [-0.4, -0.2) is 8.33 Å². The van der Waals surface area contributed by atoms with E-state index >= 15 is 0 Å². The van der Waals surface area contributed by atoms with Gasteiger partial charge in [0, 0.05) is 16.1 Å². The van der Waals surface area contributed by atoms with Crippen molar-refractivity contribution in [1.82, 2.24) is 8.33 Å². The van der Waals surface area contributed by atoms with E-state index in [1.165, 1.54) is 49.3 Å². The minimum Gasteiger partial charge on any atom is -0.281 e. The van der Waals surface area contributed by atoms with E-state index in [1.54, 1.807) is 0 Å². The largest absolute Gasteiger partial charge is 0.281 e. The molecule has 6 aromatic rings. The van der Waals surface area contributed by atoms with Crippen LogP contribution in [-0.2, 0) is 0 Å². The Labute approximate surface area is 181 Å². The molecular weight excluding hydrogens is 395 g/mol. The summed E-state index contributed by atoms with van der Waals surface area (Å²) in [5.74, 6) is 0. The molecule has 0 unspecified atom stereocenters. The monoisotopic (exact) mass is 416 g/mol. The van der Waals surface area contributed by atoms with Gasteiger partial charge in [-0.25, -0.2) is 0 Å². The normalized spacial score (nSPS) is 14.3. The standard InChI is InChI=1S/C28H21N2P/c1-2-9-20(10-3-1)21-13-8-14-24(17-21)31-29-25-15-6-4-11-22(25)18-27(29)28-19-23-12-5-7-16-26(23)30(28)31/h1-2,4-9,11-19H,3,10H2. The average molecular weight is 416 g/mol. The molecule has 31 heavy (non-hydrogen) atoms. The molecule has 3 heterocycles. The summed E-state index contributed by atoms with van der Waals surface area (Å²) in [5.41, 5.74) is 8.09. The smallest absolute Gasteiger partial charge is 0.0757 e. The van der Waals surface area contributed by atoms with Crippen molar-refractivity contribution in [1.29, 1.82) is 0 Å². The Morgan fingerprint density at radius 1 is 0.645 bits per heavy atom. The molecule has 2 nitrogen and oxygen atoms in total. The van der Waals surface area contributed by atoms with Crippen molar-refractivity contribution >= 4 is 46.3 Å². The highest BCUT2D eigenvalue weighted by Gasteiger charge is 2.19. The van der Waals surface area contributed by atoms with Gasteiger partial charge in [-0.1, -0.05) is 66.8 Å².